The fraction of sp³-hybridized carbons (Fsp3) is 0.625. The van der Waals surface area contributed by atoms with E-state index in [1.54, 1.807) is 0 Å². The van der Waals surface area contributed by atoms with Crippen LogP contribution < -0.4 is 10.1 Å². The maximum Gasteiger partial charge on any atom is 0.125 e. The molecule has 20 heavy (non-hydrogen) atoms. The summed E-state index contributed by atoms with van der Waals surface area (Å²) in [5.41, 5.74) is 2.08. The lowest BCUT2D eigenvalue weighted by atomic mass is 10.0. The first-order valence-corrected chi connectivity index (χ1v) is 7.55. The minimum atomic E-state index is -0.452. The SMILES string of the molecule is CCOc1ccc(C)cc1C(O)CCN1CCNCC1. The number of aryl methyl sites for hydroxylation is 1. The Morgan fingerprint density at radius 2 is 2.10 bits per heavy atom. The second-order valence-electron chi connectivity index (χ2n) is 5.37. The zero-order chi connectivity index (χ0) is 14.4. The molecular formula is C16H26N2O2. The van der Waals surface area contributed by atoms with Crippen LogP contribution in [0.3, 0.4) is 0 Å². The molecule has 2 N–H and O–H groups in total. The highest BCUT2D eigenvalue weighted by Gasteiger charge is 2.16. The van der Waals surface area contributed by atoms with Crippen molar-refractivity contribution in [3.8, 4) is 5.75 Å². The predicted octanol–water partition coefficient (Wildman–Crippen LogP) is 1.72. The van der Waals surface area contributed by atoms with Crippen molar-refractivity contribution in [2.45, 2.75) is 26.4 Å². The summed E-state index contributed by atoms with van der Waals surface area (Å²) in [5, 5.41) is 13.8. The van der Waals surface area contributed by atoms with Crippen molar-refractivity contribution in [2.24, 2.45) is 0 Å². The zero-order valence-electron chi connectivity index (χ0n) is 12.6. The first kappa shape index (κ1) is 15.3. The summed E-state index contributed by atoms with van der Waals surface area (Å²) in [5.74, 6) is 0.811. The molecule has 1 fully saturated rings. The molecule has 1 aliphatic rings. The minimum absolute atomic E-state index is 0.452. The van der Waals surface area contributed by atoms with E-state index in [1.807, 2.05) is 32.0 Å². The van der Waals surface area contributed by atoms with Crippen LogP contribution in [0.5, 0.6) is 5.75 Å². The molecule has 0 amide bonds. The van der Waals surface area contributed by atoms with Gasteiger partial charge in [0.15, 0.2) is 0 Å². The maximum atomic E-state index is 10.5. The molecule has 1 unspecified atom stereocenters. The second-order valence-corrected chi connectivity index (χ2v) is 5.37. The summed E-state index contributed by atoms with van der Waals surface area (Å²) in [7, 11) is 0. The lowest BCUT2D eigenvalue weighted by Crippen LogP contribution is -2.44. The number of nitrogens with one attached hydrogen (secondary N) is 1. The van der Waals surface area contributed by atoms with E-state index in [0.29, 0.717) is 6.61 Å². The molecule has 0 spiro atoms. The van der Waals surface area contributed by atoms with Gasteiger partial charge < -0.3 is 20.1 Å². The number of aliphatic hydroxyl groups excluding tert-OH is 1. The van der Waals surface area contributed by atoms with E-state index in [4.69, 9.17) is 4.74 Å². The summed E-state index contributed by atoms with van der Waals surface area (Å²) in [6.07, 6.45) is 0.301. The highest BCUT2D eigenvalue weighted by Crippen LogP contribution is 2.28. The molecule has 0 aromatic heterocycles. The molecule has 4 nitrogen and oxygen atoms in total. The van der Waals surface area contributed by atoms with Crippen LogP contribution in [0.2, 0.25) is 0 Å². The smallest absolute Gasteiger partial charge is 0.125 e. The van der Waals surface area contributed by atoms with Gasteiger partial charge in [0, 0.05) is 38.3 Å². The third-order valence-electron chi connectivity index (χ3n) is 3.75. The van der Waals surface area contributed by atoms with Crippen LogP contribution in [-0.4, -0.2) is 49.3 Å². The standard InChI is InChI=1S/C16H26N2O2/c1-3-20-16-5-4-13(2)12-14(16)15(19)6-9-18-10-7-17-8-11-18/h4-5,12,15,17,19H,3,6-11H2,1-2H3. The molecule has 1 aromatic carbocycles. The second kappa shape index (κ2) is 7.62. The largest absolute Gasteiger partial charge is 0.493 e. The van der Waals surface area contributed by atoms with E-state index in [1.165, 1.54) is 0 Å². The minimum Gasteiger partial charge on any atom is -0.493 e. The van der Waals surface area contributed by atoms with Crippen molar-refractivity contribution in [3.05, 3.63) is 29.3 Å². The Morgan fingerprint density at radius 3 is 2.80 bits per heavy atom. The molecule has 0 bridgehead atoms. The van der Waals surface area contributed by atoms with E-state index in [2.05, 4.69) is 10.2 Å². The average Bonchev–Trinajstić information content (AvgIpc) is 2.48. The molecule has 0 saturated carbocycles. The summed E-state index contributed by atoms with van der Waals surface area (Å²) in [6.45, 7) is 9.80. The zero-order valence-corrected chi connectivity index (χ0v) is 12.6. The Morgan fingerprint density at radius 1 is 1.35 bits per heavy atom. The van der Waals surface area contributed by atoms with Crippen molar-refractivity contribution in [2.75, 3.05) is 39.3 Å². The van der Waals surface area contributed by atoms with E-state index < -0.39 is 6.10 Å². The van der Waals surface area contributed by atoms with Crippen molar-refractivity contribution in [1.29, 1.82) is 0 Å². The molecule has 0 aliphatic carbocycles. The normalized spacial score (nSPS) is 17.9. The highest BCUT2D eigenvalue weighted by molar-refractivity contribution is 5.38. The van der Waals surface area contributed by atoms with E-state index in [-0.39, 0.29) is 0 Å². The van der Waals surface area contributed by atoms with Gasteiger partial charge in [-0.1, -0.05) is 11.6 Å². The van der Waals surface area contributed by atoms with Gasteiger partial charge in [-0.25, -0.2) is 0 Å². The molecule has 1 aromatic rings. The summed E-state index contributed by atoms with van der Waals surface area (Å²) in [6, 6.07) is 6.02. The fourth-order valence-electron chi connectivity index (χ4n) is 2.61. The summed E-state index contributed by atoms with van der Waals surface area (Å²) in [4.78, 5) is 2.40. The third-order valence-corrected chi connectivity index (χ3v) is 3.75. The molecule has 4 heteroatoms. The monoisotopic (exact) mass is 278 g/mol. The number of hydrogen-bond donors (Lipinski definition) is 2. The van der Waals surface area contributed by atoms with Crippen molar-refractivity contribution in [3.63, 3.8) is 0 Å². The quantitative estimate of drug-likeness (QED) is 0.832. The van der Waals surface area contributed by atoms with Crippen molar-refractivity contribution >= 4 is 0 Å². The molecule has 1 saturated heterocycles. The van der Waals surface area contributed by atoms with Gasteiger partial charge >= 0.3 is 0 Å². The first-order chi connectivity index (χ1) is 9.70. The van der Waals surface area contributed by atoms with Crippen LogP contribution in [0.4, 0.5) is 0 Å². The average molecular weight is 278 g/mol. The Labute approximate surface area is 121 Å². The predicted molar refractivity (Wildman–Crippen MR) is 81.2 cm³/mol. The molecule has 1 heterocycles. The van der Waals surface area contributed by atoms with Crippen molar-refractivity contribution in [1.82, 2.24) is 10.2 Å². The van der Waals surface area contributed by atoms with Gasteiger partial charge in [0.2, 0.25) is 0 Å². The fourth-order valence-corrected chi connectivity index (χ4v) is 2.61. The van der Waals surface area contributed by atoms with Gasteiger partial charge in [-0.2, -0.15) is 0 Å². The molecular weight excluding hydrogens is 252 g/mol. The number of ether oxygens (including phenoxy) is 1. The van der Waals surface area contributed by atoms with E-state index in [0.717, 1.165) is 56.0 Å². The lowest BCUT2D eigenvalue weighted by Gasteiger charge is -2.28. The van der Waals surface area contributed by atoms with Gasteiger partial charge in [0.05, 0.1) is 12.7 Å². The van der Waals surface area contributed by atoms with Gasteiger partial charge in [0.1, 0.15) is 5.75 Å². The summed E-state index contributed by atoms with van der Waals surface area (Å²) < 4.78 is 5.62. The molecule has 1 atom stereocenters. The van der Waals surface area contributed by atoms with Gasteiger partial charge in [0.25, 0.3) is 0 Å². The Hall–Kier alpha value is -1.10. The number of hydrogen-bond acceptors (Lipinski definition) is 4. The number of benzene rings is 1. The van der Waals surface area contributed by atoms with E-state index >= 15 is 0 Å². The highest BCUT2D eigenvalue weighted by atomic mass is 16.5. The number of nitrogens with zero attached hydrogens (tertiary/aromatic N) is 1. The molecule has 112 valence electrons. The number of rotatable bonds is 6. The number of aliphatic hydroxyl groups is 1. The third kappa shape index (κ3) is 4.20. The first-order valence-electron chi connectivity index (χ1n) is 7.55. The Balaban J connectivity index is 1.96. The van der Waals surface area contributed by atoms with Crippen LogP contribution in [-0.2, 0) is 0 Å². The summed E-state index contributed by atoms with van der Waals surface area (Å²) >= 11 is 0. The van der Waals surface area contributed by atoms with Gasteiger partial charge in [-0.3, -0.25) is 0 Å². The Kier molecular flexibility index (Phi) is 5.83. The van der Waals surface area contributed by atoms with Crippen molar-refractivity contribution < 1.29 is 9.84 Å². The topological polar surface area (TPSA) is 44.7 Å². The lowest BCUT2D eigenvalue weighted by molar-refractivity contribution is 0.133. The number of piperazine rings is 1. The van der Waals surface area contributed by atoms with E-state index in [9.17, 15) is 5.11 Å². The Bertz CT molecular complexity index is 417. The van der Waals surface area contributed by atoms with Crippen LogP contribution in [0.25, 0.3) is 0 Å². The van der Waals surface area contributed by atoms with Gasteiger partial charge in [-0.15, -0.1) is 0 Å². The van der Waals surface area contributed by atoms with Crippen LogP contribution in [0.15, 0.2) is 18.2 Å². The molecule has 1 aliphatic heterocycles. The maximum absolute atomic E-state index is 10.5. The van der Waals surface area contributed by atoms with Crippen LogP contribution in [0, 0.1) is 6.92 Å². The molecule has 0 radical (unpaired) electrons. The van der Waals surface area contributed by atoms with Crippen LogP contribution >= 0.6 is 0 Å². The molecule has 2 rings (SSSR count). The van der Waals surface area contributed by atoms with Gasteiger partial charge in [-0.05, 0) is 32.4 Å². The van der Waals surface area contributed by atoms with Crippen LogP contribution in [0.1, 0.15) is 30.6 Å².